The monoisotopic (exact) mass is 377 g/mol. The summed E-state index contributed by atoms with van der Waals surface area (Å²) in [6.45, 7) is -0.429. The number of carbonyl (C=O) groups excluding carboxylic acids is 1. The van der Waals surface area contributed by atoms with E-state index >= 15 is 0 Å². The average Bonchev–Trinajstić information content (AvgIpc) is 3.39. The molecule has 1 aliphatic rings. The fourth-order valence-electron chi connectivity index (χ4n) is 2.94. The molecule has 0 aromatic heterocycles. The van der Waals surface area contributed by atoms with Gasteiger partial charge < -0.3 is 14.7 Å². The van der Waals surface area contributed by atoms with E-state index in [9.17, 15) is 14.0 Å². The average molecular weight is 378 g/mol. The van der Waals surface area contributed by atoms with E-state index in [1.807, 2.05) is 0 Å². The summed E-state index contributed by atoms with van der Waals surface area (Å²) in [6.07, 6.45) is 0.559. The lowest BCUT2D eigenvalue weighted by atomic mass is 10.1. The standard InChI is InChI=1S/C19H17ClFNO4/c1-22(11-5-7-12(8-6-11)26-10-17(23)24)19(25)14-9-13(14)18-15(20)3-2-4-16(18)21/h2-8,13-14H,9-10H2,1H3,(H,23,24). The first kappa shape index (κ1) is 18.2. The molecule has 0 radical (unpaired) electrons. The highest BCUT2D eigenvalue weighted by molar-refractivity contribution is 6.31. The lowest BCUT2D eigenvalue weighted by molar-refractivity contribution is -0.139. The second-order valence-electron chi connectivity index (χ2n) is 6.16. The smallest absolute Gasteiger partial charge is 0.341 e. The van der Waals surface area contributed by atoms with E-state index in [1.54, 1.807) is 43.4 Å². The summed E-state index contributed by atoms with van der Waals surface area (Å²) in [5, 5.41) is 8.94. The predicted octanol–water partition coefficient (Wildman–Crippen LogP) is 3.71. The van der Waals surface area contributed by atoms with Gasteiger partial charge in [0, 0.05) is 35.2 Å². The largest absolute Gasteiger partial charge is 0.482 e. The molecule has 1 amide bonds. The molecule has 2 atom stereocenters. The maximum absolute atomic E-state index is 14.0. The van der Waals surface area contributed by atoms with Crippen LogP contribution >= 0.6 is 11.6 Å². The number of hydrogen-bond acceptors (Lipinski definition) is 3. The van der Waals surface area contributed by atoms with Gasteiger partial charge in [-0.3, -0.25) is 4.79 Å². The Kier molecular flexibility index (Phi) is 5.13. The summed E-state index contributed by atoms with van der Waals surface area (Å²) in [5.41, 5.74) is 1.04. The van der Waals surface area contributed by atoms with Gasteiger partial charge in [-0.2, -0.15) is 0 Å². The van der Waals surface area contributed by atoms with Gasteiger partial charge in [0.2, 0.25) is 5.91 Å². The first-order chi connectivity index (χ1) is 12.4. The van der Waals surface area contributed by atoms with E-state index in [-0.39, 0.29) is 23.6 Å². The fourth-order valence-corrected chi connectivity index (χ4v) is 3.24. The molecule has 26 heavy (non-hydrogen) atoms. The third-order valence-corrected chi connectivity index (χ3v) is 4.72. The van der Waals surface area contributed by atoms with E-state index in [2.05, 4.69) is 0 Å². The minimum absolute atomic E-state index is 0.117. The zero-order chi connectivity index (χ0) is 18.8. The number of rotatable bonds is 6. The Morgan fingerprint density at radius 1 is 1.27 bits per heavy atom. The van der Waals surface area contributed by atoms with Crippen LogP contribution in [0.2, 0.25) is 5.02 Å². The van der Waals surface area contributed by atoms with Crippen molar-refractivity contribution in [1.29, 1.82) is 0 Å². The number of carboxylic acids is 1. The minimum atomic E-state index is -1.06. The molecule has 0 saturated heterocycles. The van der Waals surface area contributed by atoms with E-state index < -0.39 is 12.6 Å². The van der Waals surface area contributed by atoms with Crippen LogP contribution in [0, 0.1) is 11.7 Å². The lowest BCUT2D eigenvalue weighted by Gasteiger charge is -2.18. The van der Waals surface area contributed by atoms with Crippen LogP contribution in [0.15, 0.2) is 42.5 Å². The van der Waals surface area contributed by atoms with Crippen LogP contribution in [0.1, 0.15) is 17.9 Å². The molecule has 0 spiro atoms. The van der Waals surface area contributed by atoms with Gasteiger partial charge >= 0.3 is 5.97 Å². The number of halogens is 2. The molecular formula is C19H17ClFNO4. The quantitative estimate of drug-likeness (QED) is 0.833. The van der Waals surface area contributed by atoms with Gasteiger partial charge in [-0.05, 0) is 42.8 Å². The van der Waals surface area contributed by atoms with Crippen molar-refractivity contribution in [2.24, 2.45) is 5.92 Å². The molecule has 1 saturated carbocycles. The second kappa shape index (κ2) is 7.33. The van der Waals surface area contributed by atoms with E-state index in [4.69, 9.17) is 21.4 Å². The molecule has 2 unspecified atom stereocenters. The highest BCUT2D eigenvalue weighted by Gasteiger charge is 2.47. The van der Waals surface area contributed by atoms with Gasteiger partial charge in [0.1, 0.15) is 11.6 Å². The Labute approximate surface area is 154 Å². The summed E-state index contributed by atoms with van der Waals surface area (Å²) in [4.78, 5) is 24.7. The number of ether oxygens (including phenoxy) is 1. The molecule has 3 rings (SSSR count). The number of hydrogen-bond donors (Lipinski definition) is 1. The topological polar surface area (TPSA) is 66.8 Å². The third-order valence-electron chi connectivity index (χ3n) is 4.40. The van der Waals surface area contributed by atoms with Crippen LogP contribution in [-0.4, -0.2) is 30.6 Å². The van der Waals surface area contributed by atoms with E-state index in [0.717, 1.165) is 0 Å². The Morgan fingerprint density at radius 2 is 1.96 bits per heavy atom. The Hall–Kier alpha value is -2.60. The van der Waals surface area contributed by atoms with Crippen molar-refractivity contribution >= 4 is 29.2 Å². The molecule has 1 fully saturated rings. The normalized spacial score (nSPS) is 18.3. The summed E-state index contributed by atoms with van der Waals surface area (Å²) in [6, 6.07) is 11.0. The van der Waals surface area contributed by atoms with Gasteiger partial charge in [-0.25, -0.2) is 9.18 Å². The van der Waals surface area contributed by atoms with Gasteiger partial charge in [-0.1, -0.05) is 17.7 Å². The highest BCUT2D eigenvalue weighted by Crippen LogP contribution is 2.51. The second-order valence-corrected chi connectivity index (χ2v) is 6.56. The van der Waals surface area contributed by atoms with Crippen molar-refractivity contribution in [2.75, 3.05) is 18.6 Å². The summed E-state index contributed by atoms with van der Waals surface area (Å²) < 4.78 is 19.1. The molecule has 0 heterocycles. The molecule has 0 bridgehead atoms. The van der Waals surface area contributed by atoms with Crippen LogP contribution in [-0.2, 0) is 9.59 Å². The number of benzene rings is 2. The molecule has 136 valence electrons. The summed E-state index contributed by atoms with van der Waals surface area (Å²) >= 11 is 6.08. The maximum Gasteiger partial charge on any atom is 0.341 e. The molecule has 5 nitrogen and oxygen atoms in total. The minimum Gasteiger partial charge on any atom is -0.482 e. The molecule has 7 heteroatoms. The van der Waals surface area contributed by atoms with Crippen LogP contribution in [0.4, 0.5) is 10.1 Å². The zero-order valence-corrected chi connectivity index (χ0v) is 14.7. The SMILES string of the molecule is CN(C(=O)C1CC1c1c(F)cccc1Cl)c1ccc(OCC(=O)O)cc1. The number of aliphatic carboxylic acids is 1. The molecule has 0 aliphatic heterocycles. The summed E-state index contributed by atoms with van der Waals surface area (Å²) in [7, 11) is 1.65. The molecule has 2 aromatic carbocycles. The van der Waals surface area contributed by atoms with E-state index in [0.29, 0.717) is 28.4 Å². The number of nitrogens with zero attached hydrogens (tertiary/aromatic N) is 1. The molecule has 1 N–H and O–H groups in total. The zero-order valence-electron chi connectivity index (χ0n) is 14.0. The van der Waals surface area contributed by atoms with Crippen LogP contribution in [0.5, 0.6) is 5.75 Å². The van der Waals surface area contributed by atoms with Crippen LogP contribution < -0.4 is 9.64 Å². The fraction of sp³-hybridized carbons (Fsp3) is 0.263. The van der Waals surface area contributed by atoms with Gasteiger partial charge in [-0.15, -0.1) is 0 Å². The van der Waals surface area contributed by atoms with Gasteiger partial charge in [0.05, 0.1) is 0 Å². The molecule has 1 aliphatic carbocycles. The Balaban J connectivity index is 1.66. The number of anilines is 1. The number of carbonyl (C=O) groups is 2. The Bertz CT molecular complexity index is 820. The highest BCUT2D eigenvalue weighted by atomic mass is 35.5. The van der Waals surface area contributed by atoms with Crippen LogP contribution in [0.3, 0.4) is 0 Å². The van der Waals surface area contributed by atoms with Gasteiger partial charge in [0.25, 0.3) is 0 Å². The summed E-state index contributed by atoms with van der Waals surface area (Å²) in [5.74, 6) is -1.68. The Morgan fingerprint density at radius 3 is 2.58 bits per heavy atom. The number of amides is 1. The molecule has 2 aromatic rings. The van der Waals surface area contributed by atoms with Crippen LogP contribution in [0.25, 0.3) is 0 Å². The van der Waals surface area contributed by atoms with E-state index in [1.165, 1.54) is 11.0 Å². The number of carboxylic acid groups (broad SMARTS) is 1. The van der Waals surface area contributed by atoms with Gasteiger partial charge in [0.15, 0.2) is 6.61 Å². The predicted molar refractivity (Wildman–Crippen MR) is 95.2 cm³/mol. The van der Waals surface area contributed by atoms with Crippen molar-refractivity contribution in [1.82, 2.24) is 0 Å². The first-order valence-electron chi connectivity index (χ1n) is 8.04. The third kappa shape index (κ3) is 3.80. The maximum atomic E-state index is 14.0. The lowest BCUT2D eigenvalue weighted by Crippen LogP contribution is -2.28. The first-order valence-corrected chi connectivity index (χ1v) is 8.42. The van der Waals surface area contributed by atoms with Crippen molar-refractivity contribution in [3.8, 4) is 5.75 Å². The van der Waals surface area contributed by atoms with Crippen molar-refractivity contribution in [3.05, 3.63) is 58.9 Å². The van der Waals surface area contributed by atoms with Crippen molar-refractivity contribution < 1.29 is 23.8 Å². The van der Waals surface area contributed by atoms with Crippen molar-refractivity contribution in [3.63, 3.8) is 0 Å². The van der Waals surface area contributed by atoms with Crippen molar-refractivity contribution in [2.45, 2.75) is 12.3 Å². The molecular weight excluding hydrogens is 361 g/mol.